The SMILES string of the molecule is N#CCN(CC#N)Cc1c(O)ccc2cc(-c3ccc4c(c3)OCCO4)c(=O)oc12. The van der Waals surface area contributed by atoms with E-state index in [-0.39, 0.29) is 31.0 Å². The lowest BCUT2D eigenvalue weighted by molar-refractivity contribution is 0.171. The van der Waals surface area contributed by atoms with Crippen LogP contribution in [-0.4, -0.2) is 36.3 Å². The van der Waals surface area contributed by atoms with Gasteiger partial charge in [-0.05, 0) is 35.9 Å². The number of rotatable bonds is 5. The Morgan fingerprint density at radius 1 is 1.00 bits per heavy atom. The molecule has 2 aromatic carbocycles. The van der Waals surface area contributed by atoms with Crippen LogP contribution < -0.4 is 15.1 Å². The Balaban J connectivity index is 1.78. The fourth-order valence-corrected chi connectivity index (χ4v) is 3.39. The lowest BCUT2D eigenvalue weighted by atomic mass is 10.0. The van der Waals surface area contributed by atoms with Crippen LogP contribution in [0.15, 0.2) is 45.6 Å². The van der Waals surface area contributed by atoms with Crippen LogP contribution >= 0.6 is 0 Å². The fourth-order valence-electron chi connectivity index (χ4n) is 3.39. The molecule has 8 heteroatoms. The average Bonchev–Trinajstić information content (AvgIpc) is 2.75. The standard InChI is InChI=1S/C22H17N3O5/c23-5-7-25(8-6-24)13-17-18(26)3-1-15-11-16(22(27)30-21(15)17)14-2-4-19-20(12-14)29-10-9-28-19/h1-4,11-12,26H,7-10,13H2. The first-order valence-corrected chi connectivity index (χ1v) is 9.25. The molecule has 1 N–H and O–H groups in total. The van der Waals surface area contributed by atoms with E-state index in [9.17, 15) is 9.90 Å². The highest BCUT2D eigenvalue weighted by Crippen LogP contribution is 2.35. The van der Waals surface area contributed by atoms with Crippen molar-refractivity contribution in [2.45, 2.75) is 6.54 Å². The van der Waals surface area contributed by atoms with Crippen molar-refractivity contribution >= 4 is 11.0 Å². The van der Waals surface area contributed by atoms with Gasteiger partial charge in [0.15, 0.2) is 11.5 Å². The number of aromatic hydroxyl groups is 1. The van der Waals surface area contributed by atoms with Gasteiger partial charge in [0.05, 0.1) is 36.4 Å². The zero-order valence-corrected chi connectivity index (χ0v) is 15.9. The van der Waals surface area contributed by atoms with E-state index in [2.05, 4.69) is 0 Å². The number of ether oxygens (including phenoxy) is 2. The second kappa shape index (κ2) is 8.16. The number of benzene rings is 2. The van der Waals surface area contributed by atoms with E-state index in [4.69, 9.17) is 24.4 Å². The lowest BCUT2D eigenvalue weighted by Gasteiger charge is -2.19. The maximum Gasteiger partial charge on any atom is 0.344 e. The van der Waals surface area contributed by atoms with Crippen LogP contribution in [0.1, 0.15) is 5.56 Å². The molecule has 0 unspecified atom stereocenters. The Kier molecular flexibility index (Phi) is 5.25. The highest BCUT2D eigenvalue weighted by Gasteiger charge is 2.18. The molecule has 0 amide bonds. The summed E-state index contributed by atoms with van der Waals surface area (Å²) >= 11 is 0. The zero-order valence-electron chi connectivity index (χ0n) is 15.9. The van der Waals surface area contributed by atoms with Gasteiger partial charge >= 0.3 is 5.63 Å². The van der Waals surface area contributed by atoms with Crippen LogP contribution in [0, 0.1) is 22.7 Å². The van der Waals surface area contributed by atoms with Crippen molar-refractivity contribution in [2.75, 3.05) is 26.3 Å². The Bertz CT molecular complexity index is 1240. The van der Waals surface area contributed by atoms with Crippen molar-refractivity contribution in [2.24, 2.45) is 0 Å². The van der Waals surface area contributed by atoms with E-state index in [0.717, 1.165) is 0 Å². The third kappa shape index (κ3) is 3.64. The van der Waals surface area contributed by atoms with E-state index in [1.54, 1.807) is 35.2 Å². The van der Waals surface area contributed by atoms with Gasteiger partial charge in [-0.1, -0.05) is 6.07 Å². The molecule has 4 rings (SSSR count). The van der Waals surface area contributed by atoms with Crippen molar-refractivity contribution in [3.05, 3.63) is 52.4 Å². The number of hydrogen-bond donors (Lipinski definition) is 1. The normalized spacial score (nSPS) is 12.5. The van der Waals surface area contributed by atoms with E-state index >= 15 is 0 Å². The second-order valence-electron chi connectivity index (χ2n) is 6.75. The molecule has 1 aliphatic rings. The van der Waals surface area contributed by atoms with Crippen LogP contribution in [0.2, 0.25) is 0 Å². The smallest absolute Gasteiger partial charge is 0.344 e. The summed E-state index contributed by atoms with van der Waals surface area (Å²) in [6, 6.07) is 14.1. The Morgan fingerprint density at radius 3 is 2.47 bits per heavy atom. The van der Waals surface area contributed by atoms with Crippen LogP contribution in [0.5, 0.6) is 17.2 Å². The van der Waals surface area contributed by atoms with Crippen molar-refractivity contribution in [1.29, 1.82) is 10.5 Å². The Labute approximate surface area is 171 Å². The summed E-state index contributed by atoms with van der Waals surface area (Å²) in [7, 11) is 0. The monoisotopic (exact) mass is 403 g/mol. The molecule has 0 fully saturated rings. The maximum absolute atomic E-state index is 12.8. The summed E-state index contributed by atoms with van der Waals surface area (Å²) in [5.74, 6) is 1.12. The highest BCUT2D eigenvalue weighted by molar-refractivity contribution is 5.86. The van der Waals surface area contributed by atoms with Crippen molar-refractivity contribution < 1.29 is 19.0 Å². The highest BCUT2D eigenvalue weighted by atomic mass is 16.6. The molecule has 1 aliphatic heterocycles. The molecule has 8 nitrogen and oxygen atoms in total. The molecule has 2 heterocycles. The molecule has 0 saturated carbocycles. The van der Waals surface area contributed by atoms with Gasteiger partial charge in [0.25, 0.3) is 0 Å². The number of phenolic OH excluding ortho intramolecular Hbond substituents is 1. The first kappa shape index (κ1) is 19.3. The molecule has 0 aliphatic carbocycles. The van der Waals surface area contributed by atoms with Crippen LogP contribution in [0.3, 0.4) is 0 Å². The van der Waals surface area contributed by atoms with E-state index in [1.807, 2.05) is 12.1 Å². The second-order valence-corrected chi connectivity index (χ2v) is 6.75. The summed E-state index contributed by atoms with van der Waals surface area (Å²) in [5, 5.41) is 28.8. The lowest BCUT2D eigenvalue weighted by Crippen LogP contribution is -2.24. The van der Waals surface area contributed by atoms with Crippen LogP contribution in [0.25, 0.3) is 22.1 Å². The van der Waals surface area contributed by atoms with Gasteiger partial charge in [-0.3, -0.25) is 4.90 Å². The predicted octanol–water partition coefficient (Wildman–Crippen LogP) is 2.79. The van der Waals surface area contributed by atoms with Crippen LogP contribution in [-0.2, 0) is 6.54 Å². The molecule has 150 valence electrons. The third-order valence-electron chi connectivity index (χ3n) is 4.80. The van der Waals surface area contributed by atoms with E-state index in [0.29, 0.717) is 46.8 Å². The van der Waals surface area contributed by atoms with Crippen molar-refractivity contribution in [1.82, 2.24) is 4.90 Å². The molecule has 0 spiro atoms. The average molecular weight is 403 g/mol. The van der Waals surface area contributed by atoms with Crippen LogP contribution in [0.4, 0.5) is 0 Å². The molecular weight excluding hydrogens is 386 g/mol. The minimum Gasteiger partial charge on any atom is -0.507 e. The van der Waals surface area contributed by atoms with Gasteiger partial charge < -0.3 is 19.0 Å². The predicted molar refractivity (Wildman–Crippen MR) is 107 cm³/mol. The summed E-state index contributed by atoms with van der Waals surface area (Å²) in [4.78, 5) is 14.3. The van der Waals surface area contributed by atoms with Crippen molar-refractivity contribution in [3.8, 4) is 40.5 Å². The number of hydrogen-bond acceptors (Lipinski definition) is 8. The Morgan fingerprint density at radius 2 is 1.73 bits per heavy atom. The van der Waals surface area contributed by atoms with Gasteiger partial charge in [-0.15, -0.1) is 0 Å². The zero-order chi connectivity index (χ0) is 21.1. The van der Waals surface area contributed by atoms with Gasteiger partial charge in [0, 0.05) is 11.9 Å². The molecule has 0 bridgehead atoms. The number of nitriles is 2. The molecule has 0 atom stereocenters. The van der Waals surface area contributed by atoms with Gasteiger partial charge in [0.1, 0.15) is 24.5 Å². The van der Waals surface area contributed by atoms with Gasteiger partial charge in [0.2, 0.25) is 0 Å². The fraction of sp³-hybridized carbons (Fsp3) is 0.227. The van der Waals surface area contributed by atoms with Crippen molar-refractivity contribution in [3.63, 3.8) is 0 Å². The number of phenols is 1. The minimum atomic E-state index is -0.571. The minimum absolute atomic E-state index is 0.00288. The van der Waals surface area contributed by atoms with Gasteiger partial charge in [-0.2, -0.15) is 10.5 Å². The Hall–Kier alpha value is -4.01. The molecular formula is C22H17N3O5. The molecule has 1 aromatic heterocycles. The van der Waals surface area contributed by atoms with E-state index in [1.165, 1.54) is 6.07 Å². The first-order chi connectivity index (χ1) is 14.6. The third-order valence-corrected chi connectivity index (χ3v) is 4.80. The summed E-state index contributed by atoms with van der Waals surface area (Å²) < 4.78 is 16.7. The number of nitrogens with zero attached hydrogens (tertiary/aromatic N) is 3. The summed E-state index contributed by atoms with van der Waals surface area (Å²) in [6.07, 6.45) is 0. The molecule has 0 saturated heterocycles. The summed E-state index contributed by atoms with van der Waals surface area (Å²) in [5.41, 5.74) is 0.978. The summed E-state index contributed by atoms with van der Waals surface area (Å²) in [6.45, 7) is 1.01. The van der Waals surface area contributed by atoms with Gasteiger partial charge in [-0.25, -0.2) is 4.79 Å². The number of fused-ring (bicyclic) bond motifs is 2. The quantitative estimate of drug-likeness (QED) is 0.510. The topological polar surface area (TPSA) is 120 Å². The molecule has 0 radical (unpaired) electrons. The first-order valence-electron chi connectivity index (χ1n) is 9.25. The largest absolute Gasteiger partial charge is 0.507 e. The molecule has 30 heavy (non-hydrogen) atoms. The van der Waals surface area contributed by atoms with E-state index < -0.39 is 5.63 Å². The molecule has 3 aromatic rings. The maximum atomic E-state index is 12.8.